The normalized spacial score (nSPS) is 11.4. The van der Waals surface area contributed by atoms with Crippen molar-refractivity contribution in [2.45, 2.75) is 20.8 Å². The highest BCUT2D eigenvalue weighted by Crippen LogP contribution is 2.35. The van der Waals surface area contributed by atoms with E-state index in [1.807, 2.05) is 45.0 Å². The van der Waals surface area contributed by atoms with Crippen LogP contribution in [0.3, 0.4) is 0 Å². The third-order valence-electron chi connectivity index (χ3n) is 3.73. The molecule has 0 unspecified atom stereocenters. The van der Waals surface area contributed by atoms with Gasteiger partial charge in [-0.25, -0.2) is 0 Å². The van der Waals surface area contributed by atoms with E-state index in [4.69, 9.17) is 11.6 Å². The lowest BCUT2D eigenvalue weighted by molar-refractivity contribution is 1.35. The second kappa shape index (κ2) is 4.32. The minimum Gasteiger partial charge on any atom is -0.288 e. The molecule has 0 fully saturated rings. The number of benzene rings is 2. The van der Waals surface area contributed by atoms with Gasteiger partial charge >= 0.3 is 0 Å². The van der Waals surface area contributed by atoms with Crippen LogP contribution in [0, 0.1) is 20.8 Å². The highest BCUT2D eigenvalue weighted by molar-refractivity contribution is 7.24. The van der Waals surface area contributed by atoms with Gasteiger partial charge in [-0.2, -0.15) is 0 Å². The monoisotopic (exact) mass is 288 g/mol. The summed E-state index contributed by atoms with van der Waals surface area (Å²) >= 11 is 8.02. The van der Waals surface area contributed by atoms with Crippen LogP contribution in [-0.2, 0) is 0 Å². The van der Waals surface area contributed by atoms with E-state index in [1.54, 1.807) is 11.3 Å². The molecular weight excluding hydrogens is 276 g/mol. The average Bonchev–Trinajstić information content (AvgIpc) is 2.43. The van der Waals surface area contributed by atoms with Gasteiger partial charge in [-0.15, -0.1) is 11.3 Å². The third kappa shape index (κ3) is 1.71. The Bertz CT molecular complexity index is 877. The molecule has 0 bridgehead atoms. The molecule has 3 rings (SSSR count). The van der Waals surface area contributed by atoms with Crippen molar-refractivity contribution in [3.05, 3.63) is 56.2 Å². The fourth-order valence-electron chi connectivity index (χ4n) is 2.47. The topological polar surface area (TPSA) is 17.1 Å². The van der Waals surface area contributed by atoms with Crippen LogP contribution in [0.15, 0.2) is 29.1 Å². The van der Waals surface area contributed by atoms with Gasteiger partial charge in [0.1, 0.15) is 0 Å². The van der Waals surface area contributed by atoms with Gasteiger partial charge in [0.2, 0.25) is 0 Å². The Morgan fingerprint density at radius 3 is 2.42 bits per heavy atom. The molecule has 2 aromatic carbocycles. The largest absolute Gasteiger partial charge is 0.288 e. The molecule has 1 nitrogen and oxygen atoms in total. The van der Waals surface area contributed by atoms with E-state index in [9.17, 15) is 4.79 Å². The predicted molar refractivity (Wildman–Crippen MR) is 84.8 cm³/mol. The summed E-state index contributed by atoms with van der Waals surface area (Å²) in [5.74, 6) is 0. The van der Waals surface area contributed by atoms with E-state index in [1.165, 1.54) is 0 Å². The van der Waals surface area contributed by atoms with Gasteiger partial charge in [-0.05, 0) is 49.6 Å². The van der Waals surface area contributed by atoms with Crippen LogP contribution in [0.2, 0.25) is 5.02 Å². The van der Waals surface area contributed by atoms with E-state index in [0.717, 1.165) is 36.9 Å². The third-order valence-corrected chi connectivity index (χ3v) is 5.59. The standard InChI is InChI=1S/C16H13ClOS/c1-8-9(2)16-13(10(3)14(8)17)15(18)11-6-4-5-7-12(11)19-16/h4-7H,1-3H3. The van der Waals surface area contributed by atoms with Crippen molar-refractivity contribution in [1.29, 1.82) is 0 Å². The Labute approximate surface area is 120 Å². The van der Waals surface area contributed by atoms with E-state index >= 15 is 0 Å². The maximum Gasteiger partial charge on any atom is 0.196 e. The fourth-order valence-corrected chi connectivity index (χ4v) is 4.00. The number of halogens is 1. The second-order valence-corrected chi connectivity index (χ2v) is 6.25. The Balaban J connectivity index is 2.71. The summed E-state index contributed by atoms with van der Waals surface area (Å²) in [5.41, 5.74) is 3.16. The van der Waals surface area contributed by atoms with Gasteiger partial charge in [0, 0.05) is 25.2 Å². The van der Waals surface area contributed by atoms with Gasteiger partial charge in [0.15, 0.2) is 5.43 Å². The van der Waals surface area contributed by atoms with Gasteiger partial charge < -0.3 is 0 Å². The van der Waals surface area contributed by atoms with Crippen LogP contribution in [-0.4, -0.2) is 0 Å². The Hall–Kier alpha value is -1.38. The summed E-state index contributed by atoms with van der Waals surface area (Å²) < 4.78 is 2.09. The lowest BCUT2D eigenvalue weighted by Crippen LogP contribution is -2.05. The number of hydrogen-bond donors (Lipinski definition) is 0. The average molecular weight is 289 g/mol. The van der Waals surface area contributed by atoms with E-state index in [2.05, 4.69) is 0 Å². The number of aryl methyl sites for hydroxylation is 2. The minimum atomic E-state index is 0.0897. The summed E-state index contributed by atoms with van der Waals surface area (Å²) in [6, 6.07) is 7.76. The molecule has 0 aliphatic rings. The maximum atomic E-state index is 12.7. The van der Waals surface area contributed by atoms with Crippen molar-refractivity contribution >= 4 is 43.1 Å². The zero-order chi connectivity index (χ0) is 13.7. The summed E-state index contributed by atoms with van der Waals surface area (Å²) in [5, 5.41) is 2.27. The molecule has 0 N–H and O–H groups in total. The molecule has 0 aliphatic carbocycles. The predicted octanol–water partition coefficient (Wildman–Crippen LogP) is 4.99. The molecule has 19 heavy (non-hydrogen) atoms. The molecule has 96 valence electrons. The van der Waals surface area contributed by atoms with Crippen LogP contribution in [0.25, 0.3) is 20.2 Å². The fraction of sp³-hybridized carbons (Fsp3) is 0.188. The molecule has 0 saturated heterocycles. The summed E-state index contributed by atoms with van der Waals surface area (Å²) in [6.45, 7) is 5.98. The van der Waals surface area contributed by atoms with Crippen molar-refractivity contribution in [1.82, 2.24) is 0 Å². The Morgan fingerprint density at radius 2 is 1.68 bits per heavy atom. The van der Waals surface area contributed by atoms with Crippen molar-refractivity contribution in [2.75, 3.05) is 0 Å². The highest BCUT2D eigenvalue weighted by Gasteiger charge is 2.15. The zero-order valence-corrected chi connectivity index (χ0v) is 12.6. The summed E-state index contributed by atoms with van der Waals surface area (Å²) in [7, 11) is 0. The molecule has 0 atom stereocenters. The van der Waals surface area contributed by atoms with Gasteiger partial charge in [-0.3, -0.25) is 4.79 Å². The van der Waals surface area contributed by atoms with Crippen LogP contribution in [0.1, 0.15) is 16.7 Å². The molecule has 0 aliphatic heterocycles. The molecule has 1 heterocycles. The maximum absolute atomic E-state index is 12.7. The van der Waals surface area contributed by atoms with Crippen LogP contribution < -0.4 is 5.43 Å². The van der Waals surface area contributed by atoms with Gasteiger partial charge in [-0.1, -0.05) is 23.7 Å². The lowest BCUT2D eigenvalue weighted by atomic mass is 10.0. The first-order valence-corrected chi connectivity index (χ1v) is 7.32. The lowest BCUT2D eigenvalue weighted by Gasteiger charge is -2.12. The Kier molecular flexibility index (Phi) is 2.88. The van der Waals surface area contributed by atoms with Crippen molar-refractivity contribution < 1.29 is 0 Å². The number of rotatable bonds is 0. The molecule has 0 spiro atoms. The minimum absolute atomic E-state index is 0.0897. The van der Waals surface area contributed by atoms with E-state index in [-0.39, 0.29) is 5.43 Å². The smallest absolute Gasteiger partial charge is 0.196 e. The van der Waals surface area contributed by atoms with Crippen molar-refractivity contribution in [3.8, 4) is 0 Å². The van der Waals surface area contributed by atoms with E-state index in [0.29, 0.717) is 5.02 Å². The molecule has 3 heteroatoms. The first-order valence-electron chi connectivity index (χ1n) is 6.13. The number of fused-ring (bicyclic) bond motifs is 2. The van der Waals surface area contributed by atoms with Crippen LogP contribution >= 0.6 is 22.9 Å². The van der Waals surface area contributed by atoms with Gasteiger partial charge in [0.05, 0.1) is 0 Å². The molecule has 0 amide bonds. The van der Waals surface area contributed by atoms with Crippen molar-refractivity contribution in [2.24, 2.45) is 0 Å². The van der Waals surface area contributed by atoms with Crippen molar-refractivity contribution in [3.63, 3.8) is 0 Å². The zero-order valence-electron chi connectivity index (χ0n) is 11.0. The molecule has 0 radical (unpaired) electrons. The molecule has 3 aromatic rings. The summed E-state index contributed by atoms with van der Waals surface area (Å²) in [6.07, 6.45) is 0. The second-order valence-electron chi connectivity index (χ2n) is 4.82. The highest BCUT2D eigenvalue weighted by atomic mass is 35.5. The van der Waals surface area contributed by atoms with E-state index < -0.39 is 0 Å². The molecule has 1 aromatic heterocycles. The first kappa shape index (κ1) is 12.6. The van der Waals surface area contributed by atoms with Gasteiger partial charge in [0.25, 0.3) is 0 Å². The SMILES string of the molecule is Cc1c(Cl)c(C)c2c(=O)c3ccccc3sc2c1C. The molecule has 0 saturated carbocycles. The van der Waals surface area contributed by atoms with Crippen LogP contribution in [0.5, 0.6) is 0 Å². The number of hydrogen-bond acceptors (Lipinski definition) is 2. The Morgan fingerprint density at radius 1 is 1.00 bits per heavy atom. The van der Waals surface area contributed by atoms with Crippen LogP contribution in [0.4, 0.5) is 0 Å². The summed E-state index contributed by atoms with van der Waals surface area (Å²) in [4.78, 5) is 12.7. The quantitative estimate of drug-likeness (QED) is 0.532. The first-order chi connectivity index (χ1) is 9.02. The molecular formula is C16H13ClOS.